The third kappa shape index (κ3) is 6.87. The number of hydrogen-bond acceptors (Lipinski definition) is 10. The minimum Gasteiger partial charge on any atom is -0.450 e. The molecule has 1 saturated heterocycles. The number of pyridine rings is 2. The number of anilines is 3. The molecule has 14 nitrogen and oxygen atoms in total. The number of amides is 5. The number of benzene rings is 1. The largest absolute Gasteiger partial charge is 0.501 e. The highest BCUT2D eigenvalue weighted by atomic mass is 32.2. The molecule has 5 amide bonds. The third-order valence-corrected chi connectivity index (χ3v) is 9.23. The van der Waals surface area contributed by atoms with Gasteiger partial charge >= 0.3 is 23.7 Å². The number of rotatable bonds is 10. The molecule has 3 N–H and O–H groups in total. The van der Waals surface area contributed by atoms with Crippen LogP contribution in [0.25, 0.3) is 0 Å². The average Bonchev–Trinajstić information content (AvgIpc) is 3.30. The number of urea groups is 1. The van der Waals surface area contributed by atoms with Gasteiger partial charge in [0.2, 0.25) is 0 Å². The van der Waals surface area contributed by atoms with Crippen molar-refractivity contribution in [2.75, 3.05) is 28.7 Å². The van der Waals surface area contributed by atoms with Gasteiger partial charge in [-0.25, -0.2) is 37.7 Å². The summed E-state index contributed by atoms with van der Waals surface area (Å²) < 4.78 is 73.0. The Morgan fingerprint density at radius 2 is 1.33 bits per heavy atom. The summed E-state index contributed by atoms with van der Waals surface area (Å²) in [5, 5.41) is 7.72. The number of carbonyl (C=O) groups is 4. The van der Waals surface area contributed by atoms with Crippen LogP contribution in [0.5, 0.6) is 0 Å². The molecule has 3 aromatic rings. The molecular weight excluding hydrogens is 661 g/mol. The fraction of sp³-hybridized carbons (Fsp3) is 0.333. The van der Waals surface area contributed by atoms with E-state index in [1.54, 1.807) is 39.8 Å². The Morgan fingerprint density at radius 3 is 1.75 bits per heavy atom. The number of ether oxygens (including phenoxy) is 2. The van der Waals surface area contributed by atoms with Crippen LogP contribution in [0.15, 0.2) is 65.8 Å². The predicted molar refractivity (Wildman–Crippen MR) is 165 cm³/mol. The van der Waals surface area contributed by atoms with Crippen LogP contribution in [0.3, 0.4) is 0 Å². The SMILES string of the molecule is CCOC(=O)Nc1cc(C(C)C2(C(C)c3ccnc(NC(=O)OCC)c3)NC(=O)N(c3ccc(S(=O)(=O)C(F)(F)F)cc3)C2=O)ccn1. The molecule has 2 atom stereocenters. The lowest BCUT2D eigenvalue weighted by atomic mass is 9.70. The Bertz CT molecular complexity index is 1750. The molecule has 0 saturated carbocycles. The maximum atomic E-state index is 14.5. The smallest absolute Gasteiger partial charge is 0.450 e. The fourth-order valence-electron chi connectivity index (χ4n) is 5.31. The summed E-state index contributed by atoms with van der Waals surface area (Å²) in [5.74, 6) is -2.41. The highest BCUT2D eigenvalue weighted by Crippen LogP contribution is 2.45. The molecular formula is C30H31F3N6O8S. The van der Waals surface area contributed by atoms with Gasteiger partial charge in [0.15, 0.2) is 0 Å². The lowest BCUT2D eigenvalue weighted by molar-refractivity contribution is -0.123. The van der Waals surface area contributed by atoms with Gasteiger partial charge < -0.3 is 14.8 Å². The lowest BCUT2D eigenvalue weighted by Crippen LogP contribution is -2.55. The predicted octanol–water partition coefficient (Wildman–Crippen LogP) is 5.31. The molecule has 1 aliphatic rings. The van der Waals surface area contributed by atoms with Crippen molar-refractivity contribution >= 4 is 51.3 Å². The molecule has 256 valence electrons. The van der Waals surface area contributed by atoms with Crippen molar-refractivity contribution in [1.29, 1.82) is 0 Å². The van der Waals surface area contributed by atoms with Gasteiger partial charge in [0.1, 0.15) is 17.2 Å². The fourth-order valence-corrected chi connectivity index (χ4v) is 6.07. The lowest BCUT2D eigenvalue weighted by Gasteiger charge is -2.39. The van der Waals surface area contributed by atoms with Crippen molar-refractivity contribution < 1.29 is 50.2 Å². The third-order valence-electron chi connectivity index (χ3n) is 7.73. The summed E-state index contributed by atoms with van der Waals surface area (Å²) in [6.07, 6.45) is 1.20. The standard InChI is InChI=1S/C30H31F3N6O8S/c1-5-46-27(42)36-23-15-19(11-13-34-23)17(3)29(18(4)20-12-14-35-24(16-20)37-28(43)47-6-2)25(40)39(26(41)38-29)21-7-9-22(10-8-21)48(44,45)30(31,32)33/h7-18H,5-6H2,1-4H3,(H,38,41)(H,34,36,42)(H,35,37,43). The first-order chi connectivity index (χ1) is 22.6. The zero-order valence-corrected chi connectivity index (χ0v) is 26.8. The van der Waals surface area contributed by atoms with E-state index >= 15 is 0 Å². The summed E-state index contributed by atoms with van der Waals surface area (Å²) in [5.41, 5.74) is -6.70. The molecule has 2 unspecified atom stereocenters. The van der Waals surface area contributed by atoms with Crippen molar-refractivity contribution in [3.63, 3.8) is 0 Å². The minimum atomic E-state index is -5.69. The molecule has 48 heavy (non-hydrogen) atoms. The van der Waals surface area contributed by atoms with Crippen LogP contribution in [0.1, 0.15) is 50.7 Å². The van der Waals surface area contributed by atoms with Crippen LogP contribution in [0, 0.1) is 0 Å². The maximum Gasteiger partial charge on any atom is 0.501 e. The van der Waals surface area contributed by atoms with Gasteiger partial charge in [0, 0.05) is 24.2 Å². The summed E-state index contributed by atoms with van der Waals surface area (Å²) >= 11 is 0. The van der Waals surface area contributed by atoms with Gasteiger partial charge in [-0.3, -0.25) is 15.4 Å². The minimum absolute atomic E-state index is 0.0838. The van der Waals surface area contributed by atoms with Gasteiger partial charge in [-0.1, -0.05) is 13.8 Å². The summed E-state index contributed by atoms with van der Waals surface area (Å²) in [6.45, 7) is 6.71. The Hall–Kier alpha value is -5.26. The number of nitrogens with zero attached hydrogens (tertiary/aromatic N) is 3. The van der Waals surface area contributed by atoms with Crippen LogP contribution in [-0.4, -0.2) is 66.8 Å². The number of nitrogens with one attached hydrogen (secondary N) is 3. The number of carbonyl (C=O) groups excluding carboxylic acids is 4. The molecule has 0 aliphatic carbocycles. The second-order valence-corrected chi connectivity index (χ2v) is 12.4. The van der Waals surface area contributed by atoms with Gasteiger partial charge in [0.25, 0.3) is 15.7 Å². The monoisotopic (exact) mass is 692 g/mol. The van der Waals surface area contributed by atoms with Gasteiger partial charge in [-0.2, -0.15) is 13.2 Å². The molecule has 2 aromatic heterocycles. The van der Waals surface area contributed by atoms with E-state index in [-0.39, 0.29) is 30.5 Å². The Labute approximate surface area is 272 Å². The molecule has 0 radical (unpaired) electrons. The van der Waals surface area contributed by atoms with E-state index in [1.165, 1.54) is 24.5 Å². The molecule has 3 heterocycles. The second kappa shape index (κ2) is 13.8. The van der Waals surface area contributed by atoms with E-state index < -0.39 is 61.7 Å². The van der Waals surface area contributed by atoms with Crippen LogP contribution >= 0.6 is 0 Å². The first kappa shape index (κ1) is 35.6. The van der Waals surface area contributed by atoms with Crippen molar-refractivity contribution in [1.82, 2.24) is 15.3 Å². The topological polar surface area (TPSA) is 186 Å². The zero-order chi connectivity index (χ0) is 35.4. The average molecular weight is 693 g/mol. The molecule has 1 fully saturated rings. The summed E-state index contributed by atoms with van der Waals surface area (Å²) in [7, 11) is -5.69. The molecule has 1 aliphatic heterocycles. The van der Waals surface area contributed by atoms with Crippen LogP contribution in [0.4, 0.5) is 44.9 Å². The van der Waals surface area contributed by atoms with E-state index in [1.807, 2.05) is 0 Å². The number of hydrogen-bond donors (Lipinski definition) is 3. The first-order valence-electron chi connectivity index (χ1n) is 14.4. The van der Waals surface area contributed by atoms with Gasteiger partial charge in [-0.15, -0.1) is 0 Å². The number of alkyl halides is 3. The van der Waals surface area contributed by atoms with Crippen LogP contribution in [-0.2, 0) is 24.1 Å². The van der Waals surface area contributed by atoms with E-state index in [2.05, 4.69) is 25.9 Å². The van der Waals surface area contributed by atoms with Gasteiger partial charge in [0.05, 0.1) is 23.8 Å². The number of sulfone groups is 1. The normalized spacial score (nSPS) is 17.7. The Balaban J connectivity index is 1.81. The van der Waals surface area contributed by atoms with Crippen LogP contribution in [0.2, 0.25) is 0 Å². The highest BCUT2D eigenvalue weighted by Gasteiger charge is 2.59. The van der Waals surface area contributed by atoms with E-state index in [0.29, 0.717) is 28.2 Å². The maximum absolute atomic E-state index is 14.5. The number of halogens is 3. The highest BCUT2D eigenvalue weighted by molar-refractivity contribution is 7.92. The van der Waals surface area contributed by atoms with Crippen LogP contribution < -0.4 is 20.9 Å². The van der Waals surface area contributed by atoms with Gasteiger partial charge in [-0.05, 0) is 73.5 Å². The quantitative estimate of drug-likeness (QED) is 0.235. The number of aromatic nitrogens is 2. The summed E-state index contributed by atoms with van der Waals surface area (Å²) in [4.78, 5) is 60.1. The first-order valence-corrected chi connectivity index (χ1v) is 15.9. The molecule has 1 aromatic carbocycles. The van der Waals surface area contributed by atoms with E-state index in [9.17, 15) is 40.8 Å². The number of imide groups is 1. The van der Waals surface area contributed by atoms with Crippen molar-refractivity contribution in [3.05, 3.63) is 72.1 Å². The zero-order valence-electron chi connectivity index (χ0n) is 26.0. The van der Waals surface area contributed by atoms with Crippen molar-refractivity contribution in [2.45, 2.75) is 55.5 Å². The molecule has 4 rings (SSSR count). The summed E-state index contributed by atoms with van der Waals surface area (Å²) in [6, 6.07) is 8.29. The second-order valence-electron chi connectivity index (χ2n) is 10.5. The van der Waals surface area contributed by atoms with Crippen molar-refractivity contribution in [3.8, 4) is 0 Å². The van der Waals surface area contributed by atoms with E-state index in [4.69, 9.17) is 9.47 Å². The Kier molecular flexibility index (Phi) is 10.3. The molecule has 18 heteroatoms. The molecule has 0 bridgehead atoms. The van der Waals surface area contributed by atoms with E-state index in [0.717, 1.165) is 12.1 Å². The Morgan fingerprint density at radius 1 is 0.875 bits per heavy atom. The molecule has 0 spiro atoms. The van der Waals surface area contributed by atoms with Crippen molar-refractivity contribution in [2.24, 2.45) is 0 Å².